The van der Waals surface area contributed by atoms with Gasteiger partial charge in [-0.05, 0) is 12.1 Å². The van der Waals surface area contributed by atoms with Gasteiger partial charge in [-0.25, -0.2) is 15.5 Å². The summed E-state index contributed by atoms with van der Waals surface area (Å²) in [6.45, 7) is 0. The van der Waals surface area contributed by atoms with E-state index in [4.69, 9.17) is 17.4 Å². The average Bonchev–Trinajstić information content (AvgIpc) is 2.75. The van der Waals surface area contributed by atoms with Crippen LogP contribution in [0.4, 0.5) is 11.8 Å². The standard InChI is InChI=1S/C9H10ClN7O/c1-17-9(12-4-13-17)15-8(18)7-5(10)2-3-6(14-7)16-11/h2-4H,11H2,1H3,(H,14,16)(H,12,13,15,18). The minimum absolute atomic E-state index is 0.0510. The smallest absolute Gasteiger partial charge is 0.278 e. The zero-order valence-electron chi connectivity index (χ0n) is 9.38. The molecular weight excluding hydrogens is 258 g/mol. The third kappa shape index (κ3) is 2.39. The molecule has 0 aliphatic rings. The van der Waals surface area contributed by atoms with E-state index in [2.05, 4.69) is 25.8 Å². The van der Waals surface area contributed by atoms with E-state index >= 15 is 0 Å². The van der Waals surface area contributed by atoms with E-state index in [1.54, 1.807) is 13.1 Å². The van der Waals surface area contributed by atoms with Gasteiger partial charge in [0.2, 0.25) is 5.95 Å². The number of nitrogens with two attached hydrogens (primary N) is 1. The molecule has 0 saturated carbocycles. The molecule has 0 bridgehead atoms. The molecule has 2 heterocycles. The van der Waals surface area contributed by atoms with Crippen LogP contribution < -0.4 is 16.6 Å². The largest absolute Gasteiger partial charge is 0.308 e. The number of anilines is 2. The maximum absolute atomic E-state index is 11.9. The molecule has 0 saturated heterocycles. The molecule has 8 nitrogen and oxygen atoms in total. The van der Waals surface area contributed by atoms with Crippen LogP contribution >= 0.6 is 11.6 Å². The fourth-order valence-corrected chi connectivity index (χ4v) is 1.44. The summed E-state index contributed by atoms with van der Waals surface area (Å²) in [7, 11) is 1.65. The molecule has 0 unspecified atom stereocenters. The molecule has 2 rings (SSSR count). The number of aromatic nitrogens is 4. The van der Waals surface area contributed by atoms with Crippen molar-refractivity contribution in [2.45, 2.75) is 0 Å². The Labute approximate surface area is 107 Å². The van der Waals surface area contributed by atoms with Crippen molar-refractivity contribution in [3.8, 4) is 0 Å². The number of carbonyl (C=O) groups is 1. The molecule has 0 spiro atoms. The van der Waals surface area contributed by atoms with Gasteiger partial charge in [0.05, 0.1) is 5.02 Å². The van der Waals surface area contributed by atoms with Gasteiger partial charge >= 0.3 is 0 Å². The van der Waals surface area contributed by atoms with Gasteiger partial charge in [-0.1, -0.05) is 11.6 Å². The number of pyridine rings is 1. The first-order valence-electron chi connectivity index (χ1n) is 4.90. The third-order valence-corrected chi connectivity index (χ3v) is 2.45. The third-order valence-electron chi connectivity index (χ3n) is 2.15. The lowest BCUT2D eigenvalue weighted by atomic mass is 10.3. The summed E-state index contributed by atoms with van der Waals surface area (Å²) in [5, 5.41) is 6.57. The Kier molecular flexibility index (Phi) is 3.40. The first-order valence-corrected chi connectivity index (χ1v) is 5.28. The Morgan fingerprint density at radius 3 is 2.89 bits per heavy atom. The predicted molar refractivity (Wildman–Crippen MR) is 66.0 cm³/mol. The van der Waals surface area contributed by atoms with Crippen LogP contribution in [-0.2, 0) is 7.05 Å². The van der Waals surface area contributed by atoms with Crippen LogP contribution in [-0.4, -0.2) is 25.7 Å². The Hall–Kier alpha value is -2.19. The number of nitrogen functional groups attached to an aromatic ring is 1. The zero-order valence-corrected chi connectivity index (χ0v) is 10.1. The van der Waals surface area contributed by atoms with Gasteiger partial charge in [0.15, 0.2) is 0 Å². The average molecular weight is 268 g/mol. The first-order chi connectivity index (χ1) is 8.61. The van der Waals surface area contributed by atoms with Crippen LogP contribution in [0.15, 0.2) is 18.5 Å². The van der Waals surface area contributed by atoms with Crippen molar-refractivity contribution >= 4 is 29.3 Å². The molecule has 9 heteroatoms. The number of rotatable bonds is 3. The number of nitrogens with one attached hydrogen (secondary N) is 2. The van der Waals surface area contributed by atoms with E-state index in [0.29, 0.717) is 11.8 Å². The van der Waals surface area contributed by atoms with Crippen molar-refractivity contribution in [3.63, 3.8) is 0 Å². The molecule has 2 aromatic heterocycles. The van der Waals surface area contributed by atoms with Crippen molar-refractivity contribution < 1.29 is 4.79 Å². The number of halogens is 1. The van der Waals surface area contributed by atoms with Gasteiger partial charge < -0.3 is 5.43 Å². The molecule has 0 radical (unpaired) electrons. The minimum atomic E-state index is -0.492. The van der Waals surface area contributed by atoms with Crippen molar-refractivity contribution in [2.24, 2.45) is 12.9 Å². The number of hydrogen-bond acceptors (Lipinski definition) is 6. The van der Waals surface area contributed by atoms with Crippen molar-refractivity contribution in [2.75, 3.05) is 10.7 Å². The number of nitrogens with zero attached hydrogens (tertiary/aromatic N) is 4. The summed E-state index contributed by atoms with van der Waals surface area (Å²) in [5.74, 6) is 5.35. The van der Waals surface area contributed by atoms with Gasteiger partial charge in [-0.15, -0.1) is 0 Å². The SMILES string of the molecule is Cn1ncnc1NC(=O)c1nc(NN)ccc1Cl. The summed E-state index contributed by atoms with van der Waals surface area (Å²) in [6.07, 6.45) is 1.32. The predicted octanol–water partition coefficient (Wildman–Crippen LogP) is 0.401. The monoisotopic (exact) mass is 267 g/mol. The van der Waals surface area contributed by atoms with Gasteiger partial charge in [-0.2, -0.15) is 10.1 Å². The minimum Gasteiger partial charge on any atom is -0.308 e. The molecule has 0 atom stereocenters. The lowest BCUT2D eigenvalue weighted by Gasteiger charge is -2.06. The van der Waals surface area contributed by atoms with Gasteiger partial charge in [0, 0.05) is 7.05 Å². The Morgan fingerprint density at radius 1 is 1.50 bits per heavy atom. The van der Waals surface area contributed by atoms with Crippen LogP contribution in [0.25, 0.3) is 0 Å². The topological polar surface area (TPSA) is 111 Å². The summed E-state index contributed by atoms with van der Waals surface area (Å²) >= 11 is 5.89. The van der Waals surface area contributed by atoms with Crippen LogP contribution in [0.5, 0.6) is 0 Å². The van der Waals surface area contributed by atoms with Crippen molar-refractivity contribution in [1.29, 1.82) is 0 Å². The Morgan fingerprint density at radius 2 is 2.28 bits per heavy atom. The fraction of sp³-hybridized carbons (Fsp3) is 0.111. The zero-order chi connectivity index (χ0) is 13.1. The highest BCUT2D eigenvalue weighted by molar-refractivity contribution is 6.34. The molecular formula is C9H10ClN7O. The molecule has 18 heavy (non-hydrogen) atoms. The highest BCUT2D eigenvalue weighted by atomic mass is 35.5. The van der Waals surface area contributed by atoms with E-state index in [1.807, 2.05) is 0 Å². The van der Waals surface area contributed by atoms with Crippen LogP contribution in [0.3, 0.4) is 0 Å². The van der Waals surface area contributed by atoms with Crippen molar-refractivity contribution in [3.05, 3.63) is 29.2 Å². The summed E-state index contributed by atoms with van der Waals surface area (Å²) in [6, 6.07) is 3.08. The molecule has 4 N–H and O–H groups in total. The highest BCUT2D eigenvalue weighted by Crippen LogP contribution is 2.17. The maximum atomic E-state index is 11.9. The van der Waals surface area contributed by atoms with Crippen LogP contribution in [0, 0.1) is 0 Å². The number of aryl methyl sites for hydroxylation is 1. The number of hydrogen-bond donors (Lipinski definition) is 3. The summed E-state index contributed by atoms with van der Waals surface area (Å²) < 4.78 is 1.41. The molecule has 0 fully saturated rings. The second-order valence-corrected chi connectivity index (χ2v) is 3.74. The second-order valence-electron chi connectivity index (χ2n) is 3.33. The van der Waals surface area contributed by atoms with Crippen molar-refractivity contribution in [1.82, 2.24) is 19.7 Å². The first kappa shape index (κ1) is 12.3. The summed E-state index contributed by atoms with van der Waals surface area (Å²) in [4.78, 5) is 19.8. The molecule has 2 aromatic rings. The van der Waals surface area contributed by atoms with Crippen LogP contribution in [0.1, 0.15) is 10.5 Å². The molecule has 0 aliphatic carbocycles. The summed E-state index contributed by atoms with van der Waals surface area (Å²) in [5.41, 5.74) is 2.39. The molecule has 0 aromatic carbocycles. The lowest BCUT2D eigenvalue weighted by molar-refractivity contribution is 0.102. The van der Waals surface area contributed by atoms with Gasteiger partial charge in [0.25, 0.3) is 5.91 Å². The Bertz CT molecular complexity index is 582. The van der Waals surface area contributed by atoms with E-state index in [9.17, 15) is 4.79 Å². The van der Waals surface area contributed by atoms with E-state index in [0.717, 1.165) is 0 Å². The van der Waals surface area contributed by atoms with E-state index in [1.165, 1.54) is 17.1 Å². The molecule has 94 valence electrons. The fourth-order valence-electron chi connectivity index (χ4n) is 1.25. The molecule has 1 amide bonds. The van der Waals surface area contributed by atoms with Gasteiger partial charge in [0.1, 0.15) is 17.8 Å². The molecule has 0 aliphatic heterocycles. The maximum Gasteiger partial charge on any atom is 0.278 e. The van der Waals surface area contributed by atoms with Gasteiger partial charge in [-0.3, -0.25) is 10.1 Å². The Balaban J connectivity index is 2.26. The number of carbonyl (C=O) groups excluding carboxylic acids is 1. The van der Waals surface area contributed by atoms with E-state index < -0.39 is 5.91 Å². The van der Waals surface area contributed by atoms with Crippen LogP contribution in [0.2, 0.25) is 5.02 Å². The second kappa shape index (κ2) is 4.98. The quantitative estimate of drug-likeness (QED) is 0.548. The lowest BCUT2D eigenvalue weighted by Crippen LogP contribution is -2.18. The number of hydrazine groups is 1. The highest BCUT2D eigenvalue weighted by Gasteiger charge is 2.15. The normalized spacial score (nSPS) is 10.2. The van der Waals surface area contributed by atoms with E-state index in [-0.39, 0.29) is 10.7 Å². The number of amides is 1.